The number of rotatable bonds is 7. The minimum Gasteiger partial charge on any atom is -0.325 e. The average Bonchev–Trinajstić information content (AvgIpc) is 2.64. The Morgan fingerprint density at radius 2 is 1.66 bits per heavy atom. The predicted octanol–water partition coefficient (Wildman–Crippen LogP) is 3.89. The van der Waals surface area contributed by atoms with E-state index in [9.17, 15) is 18.0 Å². The normalized spacial score (nSPS) is 11.4. The van der Waals surface area contributed by atoms with Gasteiger partial charge in [0.25, 0.3) is 5.91 Å². The molecular formula is C20H24ClN3O4S. The van der Waals surface area contributed by atoms with E-state index in [2.05, 4.69) is 10.6 Å². The first-order valence-corrected chi connectivity index (χ1v) is 10.9. The fraction of sp³-hybridized carbons (Fsp3) is 0.300. The summed E-state index contributed by atoms with van der Waals surface area (Å²) < 4.78 is 26.9. The molecule has 0 aliphatic carbocycles. The van der Waals surface area contributed by atoms with Gasteiger partial charge in [0.05, 0.1) is 16.4 Å². The molecule has 0 aliphatic rings. The lowest BCUT2D eigenvalue weighted by molar-refractivity contribution is -0.114. The average molecular weight is 438 g/mol. The zero-order valence-electron chi connectivity index (χ0n) is 16.7. The number of anilines is 2. The van der Waals surface area contributed by atoms with Crippen molar-refractivity contribution in [2.75, 3.05) is 23.7 Å². The van der Waals surface area contributed by atoms with E-state index in [1.54, 1.807) is 32.0 Å². The maximum atomic E-state index is 12.8. The molecule has 9 heteroatoms. The van der Waals surface area contributed by atoms with Crippen molar-refractivity contribution in [2.24, 2.45) is 0 Å². The van der Waals surface area contributed by atoms with Crippen molar-refractivity contribution in [2.45, 2.75) is 32.6 Å². The van der Waals surface area contributed by atoms with Crippen LogP contribution < -0.4 is 10.6 Å². The number of nitrogens with zero attached hydrogens (tertiary/aromatic N) is 1. The Morgan fingerprint density at radius 3 is 2.24 bits per heavy atom. The lowest BCUT2D eigenvalue weighted by atomic mass is 10.1. The molecule has 0 aliphatic heterocycles. The van der Waals surface area contributed by atoms with Crippen LogP contribution in [0.3, 0.4) is 0 Å². The van der Waals surface area contributed by atoms with Gasteiger partial charge in [0, 0.05) is 25.6 Å². The minimum absolute atomic E-state index is 0.0444. The smallest absolute Gasteiger partial charge is 0.255 e. The quantitative estimate of drug-likeness (QED) is 0.686. The molecular weight excluding hydrogens is 414 g/mol. The summed E-state index contributed by atoms with van der Waals surface area (Å²) in [5, 5.41) is 5.42. The summed E-state index contributed by atoms with van der Waals surface area (Å²) >= 11 is 6.12. The zero-order valence-corrected chi connectivity index (χ0v) is 18.3. The monoisotopic (exact) mass is 437 g/mol. The zero-order chi connectivity index (χ0) is 21.8. The Labute approximate surface area is 176 Å². The fourth-order valence-corrected chi connectivity index (χ4v) is 4.76. The summed E-state index contributed by atoms with van der Waals surface area (Å²) in [4.78, 5) is 24.1. The second-order valence-corrected chi connectivity index (χ2v) is 8.73. The first-order chi connectivity index (χ1) is 13.6. The molecule has 7 nitrogen and oxygen atoms in total. The topological polar surface area (TPSA) is 95.6 Å². The molecule has 156 valence electrons. The van der Waals surface area contributed by atoms with Crippen LogP contribution in [0.5, 0.6) is 0 Å². The van der Waals surface area contributed by atoms with Gasteiger partial charge in [-0.1, -0.05) is 31.5 Å². The second-order valence-electron chi connectivity index (χ2n) is 6.42. The summed E-state index contributed by atoms with van der Waals surface area (Å²) in [6, 6.07) is 9.30. The highest BCUT2D eigenvalue weighted by molar-refractivity contribution is 7.89. The number of nitrogens with one attached hydrogen (secondary N) is 2. The molecule has 2 aromatic rings. The largest absolute Gasteiger partial charge is 0.325 e. The Balaban J connectivity index is 2.41. The molecule has 0 aromatic heterocycles. The van der Waals surface area contributed by atoms with Gasteiger partial charge in [0.15, 0.2) is 0 Å². The van der Waals surface area contributed by atoms with Gasteiger partial charge in [0.1, 0.15) is 4.90 Å². The van der Waals surface area contributed by atoms with Crippen LogP contribution in [0, 0.1) is 6.92 Å². The van der Waals surface area contributed by atoms with E-state index in [0.29, 0.717) is 11.4 Å². The molecule has 0 fully saturated rings. The first-order valence-electron chi connectivity index (χ1n) is 9.09. The van der Waals surface area contributed by atoms with E-state index in [-0.39, 0.29) is 34.5 Å². The molecule has 0 bridgehead atoms. The van der Waals surface area contributed by atoms with Crippen LogP contribution >= 0.6 is 11.6 Å². The van der Waals surface area contributed by atoms with Crippen molar-refractivity contribution in [3.63, 3.8) is 0 Å². The first kappa shape index (κ1) is 22.9. The summed E-state index contributed by atoms with van der Waals surface area (Å²) in [5.74, 6) is -0.793. The van der Waals surface area contributed by atoms with E-state index >= 15 is 0 Å². The Morgan fingerprint density at radius 1 is 1.00 bits per heavy atom. The van der Waals surface area contributed by atoms with Crippen LogP contribution in [0.1, 0.15) is 36.7 Å². The molecule has 0 saturated heterocycles. The van der Waals surface area contributed by atoms with Crippen molar-refractivity contribution in [1.82, 2.24) is 4.31 Å². The fourth-order valence-electron chi connectivity index (χ4n) is 2.80. The van der Waals surface area contributed by atoms with Gasteiger partial charge < -0.3 is 10.6 Å². The number of hydrogen-bond donors (Lipinski definition) is 2. The number of amides is 2. The highest BCUT2D eigenvalue weighted by Gasteiger charge is 2.25. The van der Waals surface area contributed by atoms with Crippen LogP contribution in [-0.4, -0.2) is 37.6 Å². The Hall–Kier alpha value is -2.42. The number of sulfonamides is 1. The van der Waals surface area contributed by atoms with Crippen molar-refractivity contribution in [1.29, 1.82) is 0 Å². The molecule has 0 heterocycles. The van der Waals surface area contributed by atoms with Gasteiger partial charge in [-0.3, -0.25) is 9.59 Å². The van der Waals surface area contributed by atoms with Gasteiger partial charge >= 0.3 is 0 Å². The highest BCUT2D eigenvalue weighted by Crippen LogP contribution is 2.28. The van der Waals surface area contributed by atoms with Crippen LogP contribution in [0.15, 0.2) is 41.3 Å². The second kappa shape index (κ2) is 9.39. The van der Waals surface area contributed by atoms with Gasteiger partial charge in [-0.15, -0.1) is 0 Å². The number of carbonyl (C=O) groups excluding carboxylic acids is 2. The molecule has 2 amide bonds. The van der Waals surface area contributed by atoms with Crippen molar-refractivity contribution >= 4 is 44.8 Å². The minimum atomic E-state index is -3.83. The molecule has 0 unspecified atom stereocenters. The number of carbonyl (C=O) groups is 2. The SMILES string of the molecule is CCN(CC)S(=O)(=O)c1cc(C(=O)Nc2cc(C)ccc2NC(C)=O)ccc1Cl. The molecule has 0 spiro atoms. The molecule has 2 aromatic carbocycles. The van der Waals surface area contributed by atoms with E-state index in [0.717, 1.165) is 5.56 Å². The summed E-state index contributed by atoms with van der Waals surface area (Å²) in [6.45, 7) is 7.25. The van der Waals surface area contributed by atoms with Gasteiger partial charge in [-0.25, -0.2) is 8.42 Å². The Bertz CT molecular complexity index is 1030. The third kappa shape index (κ3) is 5.35. The molecule has 0 radical (unpaired) electrons. The van der Waals surface area contributed by atoms with E-state index in [4.69, 9.17) is 11.6 Å². The highest BCUT2D eigenvalue weighted by atomic mass is 35.5. The van der Waals surface area contributed by atoms with Crippen molar-refractivity contribution in [3.8, 4) is 0 Å². The summed E-state index contributed by atoms with van der Waals surface area (Å²) in [7, 11) is -3.83. The summed E-state index contributed by atoms with van der Waals surface area (Å²) in [5.41, 5.74) is 1.88. The number of halogens is 1. The summed E-state index contributed by atoms with van der Waals surface area (Å²) in [6.07, 6.45) is 0. The van der Waals surface area contributed by atoms with E-state index < -0.39 is 15.9 Å². The predicted molar refractivity (Wildman–Crippen MR) is 115 cm³/mol. The number of benzene rings is 2. The molecule has 2 N–H and O–H groups in total. The van der Waals surface area contributed by atoms with Crippen LogP contribution in [0.25, 0.3) is 0 Å². The van der Waals surface area contributed by atoms with Crippen LogP contribution in [0.2, 0.25) is 5.02 Å². The molecule has 2 rings (SSSR count). The lowest BCUT2D eigenvalue weighted by Gasteiger charge is -2.19. The standard InChI is InChI=1S/C20H24ClN3O4S/c1-5-24(6-2)29(27,28)19-12-15(8-9-16(19)21)20(26)23-18-11-13(3)7-10-17(18)22-14(4)25/h7-12H,5-6H2,1-4H3,(H,22,25)(H,23,26). The van der Waals surface area contributed by atoms with Crippen LogP contribution in [0.4, 0.5) is 11.4 Å². The van der Waals surface area contributed by atoms with Crippen molar-refractivity contribution < 1.29 is 18.0 Å². The third-order valence-corrected chi connectivity index (χ3v) is 6.78. The maximum absolute atomic E-state index is 12.8. The lowest BCUT2D eigenvalue weighted by Crippen LogP contribution is -2.31. The van der Waals surface area contributed by atoms with E-state index in [1.165, 1.54) is 29.4 Å². The third-order valence-electron chi connectivity index (χ3n) is 4.25. The van der Waals surface area contributed by atoms with Gasteiger partial charge in [-0.05, 0) is 42.8 Å². The molecule has 29 heavy (non-hydrogen) atoms. The van der Waals surface area contributed by atoms with Crippen LogP contribution in [-0.2, 0) is 14.8 Å². The number of aryl methyl sites for hydroxylation is 1. The van der Waals surface area contributed by atoms with Gasteiger partial charge in [0.2, 0.25) is 15.9 Å². The van der Waals surface area contributed by atoms with E-state index in [1.807, 2.05) is 6.92 Å². The Kier molecular flexibility index (Phi) is 7.40. The van der Waals surface area contributed by atoms with Crippen molar-refractivity contribution in [3.05, 3.63) is 52.5 Å². The number of hydrogen-bond acceptors (Lipinski definition) is 4. The molecule has 0 saturated carbocycles. The molecule has 0 atom stereocenters. The van der Waals surface area contributed by atoms with Gasteiger partial charge in [-0.2, -0.15) is 4.31 Å². The maximum Gasteiger partial charge on any atom is 0.255 e.